The topological polar surface area (TPSA) is 0 Å². The van der Waals surface area contributed by atoms with Gasteiger partial charge in [0.25, 0.3) is 0 Å². The van der Waals surface area contributed by atoms with E-state index in [0.717, 1.165) is 5.75 Å². The van der Waals surface area contributed by atoms with Crippen LogP contribution in [0, 0.1) is 11.5 Å². The Morgan fingerprint density at radius 3 is 2.36 bits per heavy atom. The van der Waals surface area contributed by atoms with Gasteiger partial charge in [-0.1, -0.05) is 32.5 Å². The molecule has 0 spiro atoms. The first-order valence-electron chi connectivity index (χ1n) is 4.14. The lowest BCUT2D eigenvalue weighted by molar-refractivity contribution is 1.11. The summed E-state index contributed by atoms with van der Waals surface area (Å²) in [6.45, 7) is 9.05. The minimum atomic E-state index is -1.09. The van der Waals surface area contributed by atoms with Crippen molar-refractivity contribution in [3.63, 3.8) is 0 Å². The van der Waals surface area contributed by atoms with E-state index in [1.54, 1.807) is 0 Å². The predicted molar refractivity (Wildman–Crippen MR) is 58.7 cm³/mol. The van der Waals surface area contributed by atoms with Crippen LogP contribution in [-0.2, 0) is 0 Å². The highest BCUT2D eigenvalue weighted by molar-refractivity contribution is 7.99. The van der Waals surface area contributed by atoms with Crippen LogP contribution in [0.25, 0.3) is 0 Å². The summed E-state index contributed by atoms with van der Waals surface area (Å²) in [6, 6.07) is 0. The minimum absolute atomic E-state index is 1.03. The van der Waals surface area contributed by atoms with Crippen LogP contribution >= 0.6 is 11.8 Å². The molecule has 0 rings (SSSR count). The zero-order chi connectivity index (χ0) is 8.74. The highest BCUT2D eigenvalue weighted by Gasteiger charge is 2.06. The molecule has 0 N–H and O–H groups in total. The fourth-order valence-corrected chi connectivity index (χ4v) is 1.92. The Hall–Kier alpha value is 0.127. The van der Waals surface area contributed by atoms with Gasteiger partial charge < -0.3 is 0 Å². The molecular formula is C9H18SSi. The predicted octanol–water partition coefficient (Wildman–Crippen LogP) is 3.01. The van der Waals surface area contributed by atoms with Crippen LogP contribution < -0.4 is 0 Å². The van der Waals surface area contributed by atoms with Gasteiger partial charge in [0.1, 0.15) is 8.07 Å². The smallest absolute Gasteiger partial charge is 0.129 e. The van der Waals surface area contributed by atoms with Crippen molar-refractivity contribution >= 4 is 19.8 Å². The first-order chi connectivity index (χ1) is 5.06. The summed E-state index contributed by atoms with van der Waals surface area (Å²) in [4.78, 5) is 0. The molecule has 0 aromatic rings. The van der Waals surface area contributed by atoms with Gasteiger partial charge in [-0.3, -0.25) is 0 Å². The normalized spacial score (nSPS) is 10.5. The third kappa shape index (κ3) is 10.1. The van der Waals surface area contributed by atoms with Crippen molar-refractivity contribution in [2.24, 2.45) is 0 Å². The van der Waals surface area contributed by atoms with Crippen molar-refractivity contribution in [3.05, 3.63) is 0 Å². The molecule has 0 aliphatic rings. The minimum Gasteiger partial charge on any atom is -0.149 e. The molecule has 0 unspecified atom stereocenters. The van der Waals surface area contributed by atoms with Crippen molar-refractivity contribution < 1.29 is 0 Å². The Balaban J connectivity index is 3.41. The molecule has 0 nitrogen and oxygen atoms in total. The van der Waals surface area contributed by atoms with Gasteiger partial charge in [0.2, 0.25) is 0 Å². The Morgan fingerprint density at radius 2 is 1.91 bits per heavy atom. The second-order valence-electron chi connectivity index (χ2n) is 3.60. The Morgan fingerprint density at radius 1 is 1.27 bits per heavy atom. The standard InChI is InChI=1S/C9H18SSi/c1-5-7-10-8-6-9-11(2,3)4/h5,7-8H2,1-4H3. The Bertz CT molecular complexity index is 147. The second kappa shape index (κ2) is 5.74. The molecule has 0 bridgehead atoms. The molecule has 0 atom stereocenters. The first kappa shape index (κ1) is 11.1. The maximum absolute atomic E-state index is 3.35. The lowest BCUT2D eigenvalue weighted by Gasteiger charge is -2.02. The van der Waals surface area contributed by atoms with Gasteiger partial charge in [-0.2, -0.15) is 0 Å². The van der Waals surface area contributed by atoms with E-state index >= 15 is 0 Å². The van der Waals surface area contributed by atoms with E-state index in [1.807, 2.05) is 11.8 Å². The van der Waals surface area contributed by atoms with Crippen molar-refractivity contribution in [1.29, 1.82) is 0 Å². The third-order valence-electron chi connectivity index (χ3n) is 0.986. The monoisotopic (exact) mass is 186 g/mol. The van der Waals surface area contributed by atoms with Gasteiger partial charge in [-0.15, -0.1) is 17.3 Å². The maximum Gasteiger partial charge on any atom is 0.129 e. The summed E-state index contributed by atoms with van der Waals surface area (Å²) in [6.07, 6.45) is 1.26. The van der Waals surface area contributed by atoms with Crippen molar-refractivity contribution in [2.45, 2.75) is 33.0 Å². The van der Waals surface area contributed by atoms with Gasteiger partial charge in [0.15, 0.2) is 0 Å². The molecule has 0 aromatic heterocycles. The summed E-state index contributed by atoms with van der Waals surface area (Å²) in [5, 5.41) is 0. The summed E-state index contributed by atoms with van der Waals surface area (Å²) < 4.78 is 0. The first-order valence-corrected chi connectivity index (χ1v) is 8.79. The Kier molecular flexibility index (Phi) is 5.80. The van der Waals surface area contributed by atoms with Crippen molar-refractivity contribution in [3.8, 4) is 11.5 Å². The van der Waals surface area contributed by atoms with E-state index < -0.39 is 8.07 Å². The maximum atomic E-state index is 3.35. The molecule has 64 valence electrons. The molecule has 11 heavy (non-hydrogen) atoms. The molecule has 0 saturated heterocycles. The number of thioether (sulfide) groups is 1. The van der Waals surface area contributed by atoms with E-state index in [0.29, 0.717) is 0 Å². The van der Waals surface area contributed by atoms with Crippen LogP contribution in [0.1, 0.15) is 13.3 Å². The van der Waals surface area contributed by atoms with Gasteiger partial charge in [-0.05, 0) is 12.2 Å². The number of rotatable bonds is 3. The van der Waals surface area contributed by atoms with Gasteiger partial charge in [-0.25, -0.2) is 0 Å². The SMILES string of the molecule is CCCSCC#C[Si](C)(C)C. The molecule has 0 radical (unpaired) electrons. The summed E-state index contributed by atoms with van der Waals surface area (Å²) in [5.74, 6) is 5.51. The van der Waals surface area contributed by atoms with Crippen molar-refractivity contribution in [1.82, 2.24) is 0 Å². The van der Waals surface area contributed by atoms with Gasteiger partial charge in [0, 0.05) is 0 Å². The summed E-state index contributed by atoms with van der Waals surface area (Å²) in [5.41, 5.74) is 3.35. The lowest BCUT2D eigenvalue weighted by Crippen LogP contribution is -2.16. The molecule has 0 fully saturated rings. The van der Waals surface area contributed by atoms with Crippen molar-refractivity contribution in [2.75, 3.05) is 11.5 Å². The Labute approximate surface area is 76.2 Å². The van der Waals surface area contributed by atoms with E-state index in [-0.39, 0.29) is 0 Å². The van der Waals surface area contributed by atoms with Gasteiger partial charge >= 0.3 is 0 Å². The van der Waals surface area contributed by atoms with E-state index in [2.05, 4.69) is 38.0 Å². The molecule has 0 amide bonds. The van der Waals surface area contributed by atoms with E-state index in [1.165, 1.54) is 12.2 Å². The van der Waals surface area contributed by atoms with Crippen LogP contribution in [-0.4, -0.2) is 19.6 Å². The molecule has 0 aromatic carbocycles. The van der Waals surface area contributed by atoms with Crippen LogP contribution in [0.2, 0.25) is 19.6 Å². The molecule has 0 aliphatic carbocycles. The highest BCUT2D eigenvalue weighted by atomic mass is 32.2. The average Bonchev–Trinajstić information content (AvgIpc) is 1.85. The number of hydrogen-bond donors (Lipinski definition) is 0. The van der Waals surface area contributed by atoms with Crippen LogP contribution in [0.15, 0.2) is 0 Å². The van der Waals surface area contributed by atoms with Gasteiger partial charge in [0.05, 0.1) is 5.75 Å². The molecule has 0 saturated carbocycles. The van der Waals surface area contributed by atoms with E-state index in [9.17, 15) is 0 Å². The lowest BCUT2D eigenvalue weighted by atomic mass is 10.6. The quantitative estimate of drug-likeness (QED) is 0.371. The average molecular weight is 186 g/mol. The summed E-state index contributed by atoms with van der Waals surface area (Å²) in [7, 11) is -1.09. The second-order valence-corrected chi connectivity index (χ2v) is 9.46. The fourth-order valence-electron chi connectivity index (χ4n) is 0.569. The fraction of sp³-hybridized carbons (Fsp3) is 0.778. The number of hydrogen-bond acceptors (Lipinski definition) is 1. The highest BCUT2D eigenvalue weighted by Crippen LogP contribution is 2.01. The molecular weight excluding hydrogens is 168 g/mol. The molecule has 2 heteroatoms. The third-order valence-corrected chi connectivity index (χ3v) is 2.96. The summed E-state index contributed by atoms with van der Waals surface area (Å²) >= 11 is 1.94. The van der Waals surface area contributed by atoms with Crippen LogP contribution in [0.3, 0.4) is 0 Å². The van der Waals surface area contributed by atoms with Crippen LogP contribution in [0.5, 0.6) is 0 Å². The van der Waals surface area contributed by atoms with Crippen LogP contribution in [0.4, 0.5) is 0 Å². The zero-order valence-electron chi connectivity index (χ0n) is 8.03. The largest absolute Gasteiger partial charge is 0.149 e. The van der Waals surface area contributed by atoms with E-state index in [4.69, 9.17) is 0 Å². The molecule has 0 aliphatic heterocycles. The molecule has 0 heterocycles. The zero-order valence-corrected chi connectivity index (χ0v) is 9.85.